The summed E-state index contributed by atoms with van der Waals surface area (Å²) in [7, 11) is 1.69. The SMILES string of the molecule is COCC(C)CNC(=O)C1CCCCCN1. The zero-order valence-electron chi connectivity index (χ0n) is 10.4. The molecule has 94 valence electrons. The van der Waals surface area contributed by atoms with Gasteiger partial charge in [0.1, 0.15) is 0 Å². The van der Waals surface area contributed by atoms with Gasteiger partial charge in [0.2, 0.25) is 5.91 Å². The van der Waals surface area contributed by atoms with Crippen LogP contribution in [-0.2, 0) is 9.53 Å². The minimum atomic E-state index is 0.0113. The van der Waals surface area contributed by atoms with Crippen molar-refractivity contribution in [3.8, 4) is 0 Å². The molecule has 0 radical (unpaired) electrons. The monoisotopic (exact) mass is 228 g/mol. The lowest BCUT2D eigenvalue weighted by Gasteiger charge is -2.17. The van der Waals surface area contributed by atoms with Gasteiger partial charge in [-0.25, -0.2) is 0 Å². The van der Waals surface area contributed by atoms with Crippen molar-refractivity contribution in [3.05, 3.63) is 0 Å². The Labute approximate surface area is 98.1 Å². The van der Waals surface area contributed by atoms with Crippen LogP contribution in [-0.4, -0.2) is 38.8 Å². The second kappa shape index (κ2) is 7.63. The predicted octanol–water partition coefficient (Wildman–Crippen LogP) is 0.917. The van der Waals surface area contributed by atoms with Crippen molar-refractivity contribution in [1.29, 1.82) is 0 Å². The minimum Gasteiger partial charge on any atom is -0.384 e. The maximum atomic E-state index is 11.8. The van der Waals surface area contributed by atoms with E-state index >= 15 is 0 Å². The highest BCUT2D eigenvalue weighted by Crippen LogP contribution is 2.08. The second-order valence-electron chi connectivity index (χ2n) is 4.66. The summed E-state index contributed by atoms with van der Waals surface area (Å²) < 4.78 is 5.03. The fraction of sp³-hybridized carbons (Fsp3) is 0.917. The zero-order chi connectivity index (χ0) is 11.8. The first-order valence-electron chi connectivity index (χ1n) is 6.24. The van der Waals surface area contributed by atoms with E-state index in [9.17, 15) is 4.79 Å². The van der Waals surface area contributed by atoms with Crippen LogP contribution < -0.4 is 10.6 Å². The Hall–Kier alpha value is -0.610. The average molecular weight is 228 g/mol. The van der Waals surface area contributed by atoms with Crippen LogP contribution in [0.5, 0.6) is 0 Å². The highest BCUT2D eigenvalue weighted by atomic mass is 16.5. The number of ether oxygens (including phenoxy) is 1. The number of rotatable bonds is 5. The third kappa shape index (κ3) is 4.94. The summed E-state index contributed by atoms with van der Waals surface area (Å²) >= 11 is 0. The summed E-state index contributed by atoms with van der Waals surface area (Å²) in [6.45, 7) is 4.43. The molecule has 1 rings (SSSR count). The first-order valence-corrected chi connectivity index (χ1v) is 6.24. The molecule has 0 saturated carbocycles. The van der Waals surface area contributed by atoms with Crippen molar-refractivity contribution >= 4 is 5.91 Å². The summed E-state index contributed by atoms with van der Waals surface area (Å²) in [4.78, 5) is 11.8. The molecule has 16 heavy (non-hydrogen) atoms. The lowest BCUT2D eigenvalue weighted by Crippen LogP contribution is -2.45. The van der Waals surface area contributed by atoms with Crippen molar-refractivity contribution in [2.75, 3.05) is 26.8 Å². The molecule has 1 amide bonds. The van der Waals surface area contributed by atoms with Gasteiger partial charge in [-0.2, -0.15) is 0 Å². The molecule has 4 nitrogen and oxygen atoms in total. The van der Waals surface area contributed by atoms with Crippen LogP contribution in [0.25, 0.3) is 0 Å². The minimum absolute atomic E-state index is 0.0113. The third-order valence-corrected chi connectivity index (χ3v) is 2.95. The number of carbonyl (C=O) groups excluding carboxylic acids is 1. The van der Waals surface area contributed by atoms with E-state index in [0.717, 1.165) is 19.4 Å². The average Bonchev–Trinajstić information content (AvgIpc) is 2.55. The number of nitrogens with one attached hydrogen (secondary N) is 2. The largest absolute Gasteiger partial charge is 0.384 e. The van der Waals surface area contributed by atoms with Crippen LogP contribution in [0.1, 0.15) is 32.6 Å². The molecule has 0 aromatic heterocycles. The van der Waals surface area contributed by atoms with E-state index in [0.29, 0.717) is 19.1 Å². The molecular weight excluding hydrogens is 204 g/mol. The first-order chi connectivity index (χ1) is 7.74. The molecule has 1 aliphatic rings. The molecule has 2 N–H and O–H groups in total. The zero-order valence-corrected chi connectivity index (χ0v) is 10.4. The van der Waals surface area contributed by atoms with Gasteiger partial charge < -0.3 is 15.4 Å². The molecule has 0 aromatic carbocycles. The summed E-state index contributed by atoms with van der Waals surface area (Å²) in [6.07, 6.45) is 4.53. The van der Waals surface area contributed by atoms with Crippen molar-refractivity contribution in [3.63, 3.8) is 0 Å². The molecule has 0 aromatic rings. The highest BCUT2D eigenvalue weighted by Gasteiger charge is 2.19. The summed E-state index contributed by atoms with van der Waals surface area (Å²) in [5, 5.41) is 6.28. The van der Waals surface area contributed by atoms with E-state index in [2.05, 4.69) is 17.6 Å². The maximum Gasteiger partial charge on any atom is 0.237 e. The van der Waals surface area contributed by atoms with Gasteiger partial charge >= 0.3 is 0 Å². The van der Waals surface area contributed by atoms with Crippen LogP contribution in [0.15, 0.2) is 0 Å². The van der Waals surface area contributed by atoms with Crippen molar-refractivity contribution in [2.45, 2.75) is 38.6 Å². The van der Waals surface area contributed by atoms with Crippen LogP contribution in [0, 0.1) is 5.92 Å². The Balaban J connectivity index is 2.22. The first kappa shape index (κ1) is 13.5. The topological polar surface area (TPSA) is 50.4 Å². The second-order valence-corrected chi connectivity index (χ2v) is 4.66. The Kier molecular flexibility index (Phi) is 6.42. The van der Waals surface area contributed by atoms with E-state index in [1.807, 2.05) is 0 Å². The number of hydrogen-bond acceptors (Lipinski definition) is 3. The number of carbonyl (C=O) groups is 1. The van der Waals surface area contributed by atoms with Gasteiger partial charge in [0.25, 0.3) is 0 Å². The highest BCUT2D eigenvalue weighted by molar-refractivity contribution is 5.81. The van der Waals surface area contributed by atoms with Gasteiger partial charge in [-0.1, -0.05) is 19.8 Å². The smallest absolute Gasteiger partial charge is 0.237 e. The molecule has 0 aliphatic carbocycles. The molecule has 0 spiro atoms. The normalized spacial score (nSPS) is 23.5. The quantitative estimate of drug-likeness (QED) is 0.735. The fourth-order valence-corrected chi connectivity index (χ4v) is 1.99. The van der Waals surface area contributed by atoms with Gasteiger partial charge in [0, 0.05) is 13.7 Å². The lowest BCUT2D eigenvalue weighted by atomic mass is 10.1. The summed E-state index contributed by atoms with van der Waals surface area (Å²) in [6, 6.07) is 0.0113. The molecular formula is C12H24N2O2. The molecule has 2 atom stereocenters. The van der Waals surface area contributed by atoms with E-state index in [1.54, 1.807) is 7.11 Å². The molecule has 1 saturated heterocycles. The van der Waals surface area contributed by atoms with Crippen LogP contribution in [0.4, 0.5) is 0 Å². The fourth-order valence-electron chi connectivity index (χ4n) is 1.99. The van der Waals surface area contributed by atoms with Crippen molar-refractivity contribution in [1.82, 2.24) is 10.6 Å². The van der Waals surface area contributed by atoms with Crippen LogP contribution in [0.2, 0.25) is 0 Å². The number of hydrogen-bond donors (Lipinski definition) is 2. The van der Waals surface area contributed by atoms with Crippen molar-refractivity contribution in [2.24, 2.45) is 5.92 Å². The standard InChI is InChI=1S/C12H24N2O2/c1-10(9-16-2)8-14-12(15)11-6-4-3-5-7-13-11/h10-11,13H,3-9H2,1-2H3,(H,14,15). The molecule has 1 aliphatic heterocycles. The summed E-state index contributed by atoms with van der Waals surface area (Å²) in [5.74, 6) is 0.518. The van der Waals surface area contributed by atoms with Crippen molar-refractivity contribution < 1.29 is 9.53 Å². The van der Waals surface area contributed by atoms with E-state index in [4.69, 9.17) is 4.74 Å². The maximum absolute atomic E-state index is 11.8. The van der Waals surface area contributed by atoms with Gasteiger partial charge in [-0.3, -0.25) is 4.79 Å². The Morgan fingerprint density at radius 2 is 2.31 bits per heavy atom. The van der Waals surface area contributed by atoms with E-state index < -0.39 is 0 Å². The van der Waals surface area contributed by atoms with Gasteiger partial charge in [-0.05, 0) is 25.3 Å². The number of amides is 1. The Bertz CT molecular complexity index is 201. The van der Waals surface area contributed by atoms with E-state index in [1.165, 1.54) is 12.8 Å². The lowest BCUT2D eigenvalue weighted by molar-refractivity contribution is -0.123. The molecule has 2 unspecified atom stereocenters. The molecule has 0 bridgehead atoms. The van der Waals surface area contributed by atoms with Gasteiger partial charge in [-0.15, -0.1) is 0 Å². The summed E-state index contributed by atoms with van der Waals surface area (Å²) in [5.41, 5.74) is 0. The third-order valence-electron chi connectivity index (χ3n) is 2.95. The molecule has 4 heteroatoms. The Morgan fingerprint density at radius 3 is 3.06 bits per heavy atom. The van der Waals surface area contributed by atoms with Gasteiger partial charge in [0.15, 0.2) is 0 Å². The molecule has 1 heterocycles. The van der Waals surface area contributed by atoms with E-state index in [-0.39, 0.29) is 11.9 Å². The van der Waals surface area contributed by atoms with Crippen LogP contribution in [0.3, 0.4) is 0 Å². The molecule has 1 fully saturated rings. The Morgan fingerprint density at radius 1 is 1.50 bits per heavy atom. The number of methoxy groups -OCH3 is 1. The van der Waals surface area contributed by atoms with Crippen LogP contribution >= 0.6 is 0 Å². The predicted molar refractivity (Wildman–Crippen MR) is 64.3 cm³/mol. The van der Waals surface area contributed by atoms with Gasteiger partial charge in [0.05, 0.1) is 12.6 Å².